The molecule has 3 aromatic rings. The van der Waals surface area contributed by atoms with E-state index in [-0.39, 0.29) is 5.91 Å². The minimum Gasteiger partial charge on any atom is -0.494 e. The molecule has 2 heterocycles. The average Bonchev–Trinajstić information content (AvgIpc) is 3.17. The number of carbonyl (C=O) groups is 1. The molecule has 0 unspecified atom stereocenters. The summed E-state index contributed by atoms with van der Waals surface area (Å²) in [5, 5.41) is 6.78. The number of nitrogens with one attached hydrogen (secondary N) is 1. The van der Waals surface area contributed by atoms with Crippen molar-refractivity contribution in [2.75, 3.05) is 13.2 Å². The SMILES string of the molecule is O=C(CCc1nc(-c2ccncc2)no1)NCCCOc1ccccc1. The molecule has 1 aromatic carbocycles. The van der Waals surface area contributed by atoms with Crippen LogP contribution >= 0.6 is 0 Å². The Kier molecular flexibility index (Phi) is 6.30. The van der Waals surface area contributed by atoms with E-state index in [1.165, 1.54) is 0 Å². The van der Waals surface area contributed by atoms with E-state index in [4.69, 9.17) is 9.26 Å². The summed E-state index contributed by atoms with van der Waals surface area (Å²) in [7, 11) is 0. The molecule has 2 aromatic heterocycles. The molecule has 7 nitrogen and oxygen atoms in total. The smallest absolute Gasteiger partial charge is 0.227 e. The van der Waals surface area contributed by atoms with Gasteiger partial charge in [0.25, 0.3) is 0 Å². The van der Waals surface area contributed by atoms with Crippen LogP contribution < -0.4 is 10.1 Å². The molecular weight excluding hydrogens is 332 g/mol. The molecule has 1 amide bonds. The molecule has 0 radical (unpaired) electrons. The summed E-state index contributed by atoms with van der Waals surface area (Å²) >= 11 is 0. The summed E-state index contributed by atoms with van der Waals surface area (Å²) < 4.78 is 10.8. The molecule has 7 heteroatoms. The number of hydrogen-bond acceptors (Lipinski definition) is 6. The van der Waals surface area contributed by atoms with Crippen LogP contribution in [0.3, 0.4) is 0 Å². The fourth-order valence-corrected chi connectivity index (χ4v) is 2.29. The van der Waals surface area contributed by atoms with Crippen molar-refractivity contribution in [3.8, 4) is 17.1 Å². The molecule has 0 aliphatic carbocycles. The van der Waals surface area contributed by atoms with Gasteiger partial charge in [-0.25, -0.2) is 0 Å². The molecule has 0 aliphatic heterocycles. The van der Waals surface area contributed by atoms with E-state index in [0.29, 0.717) is 37.7 Å². The first-order valence-corrected chi connectivity index (χ1v) is 8.49. The van der Waals surface area contributed by atoms with Gasteiger partial charge in [0.2, 0.25) is 17.6 Å². The van der Waals surface area contributed by atoms with Gasteiger partial charge in [-0.2, -0.15) is 4.98 Å². The monoisotopic (exact) mass is 352 g/mol. The summed E-state index contributed by atoms with van der Waals surface area (Å²) in [6.07, 6.45) is 4.79. The largest absolute Gasteiger partial charge is 0.494 e. The number of para-hydroxylation sites is 1. The molecule has 1 N–H and O–H groups in total. The minimum absolute atomic E-state index is 0.0478. The van der Waals surface area contributed by atoms with Crippen LogP contribution in [0.25, 0.3) is 11.4 Å². The van der Waals surface area contributed by atoms with E-state index in [2.05, 4.69) is 20.4 Å². The molecule has 0 fully saturated rings. The second-order valence-corrected chi connectivity index (χ2v) is 5.61. The number of amides is 1. The molecule has 0 saturated heterocycles. The van der Waals surface area contributed by atoms with Gasteiger partial charge in [-0.15, -0.1) is 0 Å². The van der Waals surface area contributed by atoms with Crippen molar-refractivity contribution in [2.24, 2.45) is 0 Å². The zero-order chi connectivity index (χ0) is 18.0. The molecular formula is C19H20N4O3. The number of nitrogens with zero attached hydrogens (tertiary/aromatic N) is 3. The average molecular weight is 352 g/mol. The molecule has 26 heavy (non-hydrogen) atoms. The Bertz CT molecular complexity index is 806. The summed E-state index contributed by atoms with van der Waals surface area (Å²) in [4.78, 5) is 20.1. The molecule has 0 saturated carbocycles. The van der Waals surface area contributed by atoms with Crippen molar-refractivity contribution >= 4 is 5.91 Å². The Labute approximate surface area is 151 Å². The van der Waals surface area contributed by atoms with Crippen molar-refractivity contribution in [3.05, 3.63) is 60.7 Å². The third-order valence-corrected chi connectivity index (χ3v) is 3.63. The van der Waals surface area contributed by atoms with Crippen LogP contribution in [-0.2, 0) is 11.2 Å². The molecule has 0 bridgehead atoms. The third kappa shape index (κ3) is 5.41. The van der Waals surface area contributed by atoms with Crippen molar-refractivity contribution in [2.45, 2.75) is 19.3 Å². The van der Waals surface area contributed by atoms with Crippen molar-refractivity contribution in [3.63, 3.8) is 0 Å². The molecule has 134 valence electrons. The topological polar surface area (TPSA) is 90.1 Å². The number of carbonyl (C=O) groups excluding carboxylic acids is 1. The van der Waals surface area contributed by atoms with Gasteiger partial charge in [-0.3, -0.25) is 9.78 Å². The number of aromatic nitrogens is 3. The quantitative estimate of drug-likeness (QED) is 0.596. The third-order valence-electron chi connectivity index (χ3n) is 3.63. The summed E-state index contributed by atoms with van der Waals surface area (Å²) in [6, 6.07) is 13.2. The first-order chi connectivity index (χ1) is 12.8. The predicted molar refractivity (Wildman–Crippen MR) is 95.4 cm³/mol. The zero-order valence-electron chi connectivity index (χ0n) is 14.3. The van der Waals surface area contributed by atoms with Crippen LogP contribution in [0, 0.1) is 0 Å². The van der Waals surface area contributed by atoms with Crippen LogP contribution in [0.5, 0.6) is 5.75 Å². The fourth-order valence-electron chi connectivity index (χ4n) is 2.29. The Hall–Kier alpha value is -3.22. The van der Waals surface area contributed by atoms with Gasteiger partial charge in [-0.05, 0) is 30.7 Å². The Morgan fingerprint density at radius 1 is 1.12 bits per heavy atom. The lowest BCUT2D eigenvalue weighted by atomic mass is 10.2. The van der Waals surface area contributed by atoms with Crippen molar-refractivity contribution in [1.82, 2.24) is 20.4 Å². The normalized spacial score (nSPS) is 10.5. The van der Waals surface area contributed by atoms with Gasteiger partial charge >= 0.3 is 0 Å². The van der Waals surface area contributed by atoms with Crippen molar-refractivity contribution < 1.29 is 14.1 Å². The van der Waals surface area contributed by atoms with Crippen molar-refractivity contribution in [1.29, 1.82) is 0 Å². The van der Waals surface area contributed by atoms with Crippen LogP contribution in [0.2, 0.25) is 0 Å². The van der Waals surface area contributed by atoms with Gasteiger partial charge in [0.1, 0.15) is 5.75 Å². The summed E-state index contributed by atoms with van der Waals surface area (Å²) in [5.74, 6) is 1.73. The molecule has 0 atom stereocenters. The Morgan fingerprint density at radius 3 is 2.73 bits per heavy atom. The number of hydrogen-bond donors (Lipinski definition) is 1. The summed E-state index contributed by atoms with van der Waals surface area (Å²) in [6.45, 7) is 1.13. The van der Waals surface area contributed by atoms with Crippen LogP contribution in [-0.4, -0.2) is 34.2 Å². The maximum Gasteiger partial charge on any atom is 0.227 e. The lowest BCUT2D eigenvalue weighted by Crippen LogP contribution is -2.25. The number of aryl methyl sites for hydroxylation is 1. The van der Waals surface area contributed by atoms with Crippen LogP contribution in [0.15, 0.2) is 59.4 Å². The van der Waals surface area contributed by atoms with Crippen LogP contribution in [0.4, 0.5) is 0 Å². The second-order valence-electron chi connectivity index (χ2n) is 5.61. The highest BCUT2D eigenvalue weighted by molar-refractivity contribution is 5.75. The first-order valence-electron chi connectivity index (χ1n) is 8.49. The van der Waals surface area contributed by atoms with Crippen LogP contribution in [0.1, 0.15) is 18.7 Å². The number of rotatable bonds is 9. The molecule has 0 aliphatic rings. The standard InChI is InChI=1S/C19H20N4O3/c24-17(21-11-4-14-25-16-5-2-1-3-6-16)7-8-18-22-19(23-26-18)15-9-12-20-13-10-15/h1-3,5-6,9-10,12-13H,4,7-8,11,14H2,(H,21,24). The van der Waals surface area contributed by atoms with E-state index in [0.717, 1.165) is 17.7 Å². The highest BCUT2D eigenvalue weighted by Gasteiger charge is 2.10. The first kappa shape index (κ1) is 17.6. The Morgan fingerprint density at radius 2 is 1.92 bits per heavy atom. The van der Waals surface area contributed by atoms with Gasteiger partial charge in [0, 0.05) is 37.3 Å². The number of benzene rings is 1. The number of ether oxygens (including phenoxy) is 1. The number of pyridine rings is 1. The lowest BCUT2D eigenvalue weighted by molar-refractivity contribution is -0.121. The van der Waals surface area contributed by atoms with E-state index < -0.39 is 0 Å². The minimum atomic E-state index is -0.0478. The van der Waals surface area contributed by atoms with Gasteiger partial charge in [0.05, 0.1) is 6.61 Å². The fraction of sp³-hybridized carbons (Fsp3) is 0.263. The summed E-state index contributed by atoms with van der Waals surface area (Å²) in [5.41, 5.74) is 0.831. The van der Waals surface area contributed by atoms with Gasteiger partial charge in [-0.1, -0.05) is 23.4 Å². The maximum absolute atomic E-state index is 11.9. The Balaban J connectivity index is 1.32. The highest BCUT2D eigenvalue weighted by atomic mass is 16.5. The highest BCUT2D eigenvalue weighted by Crippen LogP contribution is 2.14. The van der Waals surface area contributed by atoms with Gasteiger partial charge < -0.3 is 14.6 Å². The van der Waals surface area contributed by atoms with E-state index in [9.17, 15) is 4.79 Å². The van der Waals surface area contributed by atoms with E-state index in [1.54, 1.807) is 24.5 Å². The molecule has 3 rings (SSSR count). The van der Waals surface area contributed by atoms with Gasteiger partial charge in [0.15, 0.2) is 0 Å². The van der Waals surface area contributed by atoms with E-state index in [1.807, 2.05) is 30.3 Å². The zero-order valence-corrected chi connectivity index (χ0v) is 14.3. The second kappa shape index (κ2) is 9.31. The maximum atomic E-state index is 11.9. The van der Waals surface area contributed by atoms with E-state index >= 15 is 0 Å². The lowest BCUT2D eigenvalue weighted by Gasteiger charge is -2.06. The predicted octanol–water partition coefficient (Wildman–Crippen LogP) is 2.65. The molecule has 0 spiro atoms.